The molecule has 0 saturated heterocycles. The zero-order valence-electron chi connectivity index (χ0n) is 11.4. The number of aliphatic carboxylic acids is 1. The van der Waals surface area contributed by atoms with Crippen LogP contribution in [0.25, 0.3) is 0 Å². The summed E-state index contributed by atoms with van der Waals surface area (Å²) in [5.41, 5.74) is 2.26. The average Bonchev–Trinajstić information content (AvgIpc) is 2.99. The van der Waals surface area contributed by atoms with Crippen LogP contribution in [0.4, 0.5) is 0 Å². The quantitative estimate of drug-likeness (QED) is 0.844. The highest BCUT2D eigenvalue weighted by atomic mass is 32.1. The number of nitrogens with zero attached hydrogens (tertiary/aromatic N) is 2. The molecule has 2 aromatic rings. The molecule has 0 aliphatic carbocycles. The van der Waals surface area contributed by atoms with Gasteiger partial charge >= 0.3 is 5.97 Å². The summed E-state index contributed by atoms with van der Waals surface area (Å²) >= 11 is 0.935. The Labute approximate surface area is 126 Å². The topological polar surface area (TPSA) is 92.2 Å². The van der Waals surface area contributed by atoms with Gasteiger partial charge in [-0.3, -0.25) is 9.59 Å². The number of nitrogens with one attached hydrogen (secondary N) is 1. The molecular formula is C14H15N3O3S. The zero-order chi connectivity index (χ0) is 15.2. The number of aryl methyl sites for hydroxylation is 1. The predicted octanol–water partition coefficient (Wildman–Crippen LogP) is 1.52. The van der Waals surface area contributed by atoms with E-state index in [1.807, 2.05) is 31.2 Å². The molecule has 0 saturated carbocycles. The largest absolute Gasteiger partial charge is 0.481 e. The van der Waals surface area contributed by atoms with E-state index in [0.29, 0.717) is 6.42 Å². The summed E-state index contributed by atoms with van der Waals surface area (Å²) in [5, 5.41) is 11.8. The van der Waals surface area contributed by atoms with E-state index in [1.54, 1.807) is 0 Å². The van der Waals surface area contributed by atoms with E-state index >= 15 is 0 Å². The Morgan fingerprint density at radius 1 is 1.33 bits per heavy atom. The Balaban J connectivity index is 1.94. The van der Waals surface area contributed by atoms with Crippen LogP contribution in [0.3, 0.4) is 0 Å². The Morgan fingerprint density at radius 3 is 2.62 bits per heavy atom. The Hall–Kier alpha value is -2.28. The molecule has 110 valence electrons. The van der Waals surface area contributed by atoms with Gasteiger partial charge in [-0.05, 0) is 18.9 Å². The van der Waals surface area contributed by atoms with Gasteiger partial charge in [0.1, 0.15) is 0 Å². The molecule has 0 spiro atoms. The third-order valence-corrected chi connectivity index (χ3v) is 3.53. The molecule has 2 N–H and O–H groups in total. The first kappa shape index (κ1) is 15.1. The molecule has 7 heteroatoms. The van der Waals surface area contributed by atoms with Crippen molar-refractivity contribution in [3.8, 4) is 0 Å². The highest BCUT2D eigenvalue weighted by Crippen LogP contribution is 2.10. The van der Waals surface area contributed by atoms with Gasteiger partial charge in [-0.1, -0.05) is 29.8 Å². The second-order valence-corrected chi connectivity index (χ2v) is 5.28. The molecule has 1 heterocycles. The van der Waals surface area contributed by atoms with Gasteiger partial charge in [0.15, 0.2) is 5.69 Å². The van der Waals surface area contributed by atoms with Crippen LogP contribution >= 0.6 is 11.7 Å². The van der Waals surface area contributed by atoms with Crippen molar-refractivity contribution in [3.63, 3.8) is 0 Å². The molecule has 1 atom stereocenters. The van der Waals surface area contributed by atoms with Crippen molar-refractivity contribution < 1.29 is 14.7 Å². The highest BCUT2D eigenvalue weighted by molar-refractivity contribution is 6.99. The fourth-order valence-corrected chi connectivity index (χ4v) is 2.24. The van der Waals surface area contributed by atoms with E-state index in [1.165, 1.54) is 6.20 Å². The van der Waals surface area contributed by atoms with Crippen molar-refractivity contribution in [2.75, 3.05) is 6.54 Å². The Morgan fingerprint density at radius 2 is 2.05 bits per heavy atom. The van der Waals surface area contributed by atoms with E-state index in [-0.39, 0.29) is 12.2 Å². The summed E-state index contributed by atoms with van der Waals surface area (Å²) in [7, 11) is 0. The van der Waals surface area contributed by atoms with Crippen LogP contribution in [0, 0.1) is 12.8 Å². The first-order valence-corrected chi connectivity index (χ1v) is 7.13. The lowest BCUT2D eigenvalue weighted by Crippen LogP contribution is -2.34. The van der Waals surface area contributed by atoms with E-state index in [2.05, 4.69) is 14.1 Å². The standard InChI is InChI=1S/C14H15N3O3S/c1-9-2-4-10(5-3-9)6-11(14(19)20)7-15-13(18)12-8-16-21-17-12/h2-5,8,11H,6-7H2,1H3,(H,15,18)(H,19,20). The van der Waals surface area contributed by atoms with Gasteiger partial charge in [0, 0.05) is 6.54 Å². The fourth-order valence-electron chi connectivity index (χ4n) is 1.83. The molecule has 1 aromatic heterocycles. The lowest BCUT2D eigenvalue weighted by molar-refractivity contribution is -0.141. The lowest BCUT2D eigenvalue weighted by Gasteiger charge is -2.13. The number of carbonyl (C=O) groups is 2. The summed E-state index contributed by atoms with van der Waals surface area (Å²) in [6.07, 6.45) is 1.72. The van der Waals surface area contributed by atoms with Gasteiger partial charge in [0.25, 0.3) is 5.91 Å². The van der Waals surface area contributed by atoms with Crippen molar-refractivity contribution in [1.29, 1.82) is 0 Å². The van der Waals surface area contributed by atoms with Crippen molar-refractivity contribution in [2.24, 2.45) is 5.92 Å². The van der Waals surface area contributed by atoms with Gasteiger partial charge in [-0.15, -0.1) is 0 Å². The number of hydrogen-bond donors (Lipinski definition) is 2. The molecule has 0 aliphatic heterocycles. The molecule has 1 amide bonds. The molecule has 1 aromatic carbocycles. The molecule has 0 radical (unpaired) electrons. The number of carbonyl (C=O) groups excluding carboxylic acids is 1. The van der Waals surface area contributed by atoms with Crippen LogP contribution in [-0.2, 0) is 11.2 Å². The SMILES string of the molecule is Cc1ccc(CC(CNC(=O)c2cnsn2)C(=O)O)cc1. The zero-order valence-corrected chi connectivity index (χ0v) is 12.3. The van der Waals surface area contributed by atoms with Gasteiger partial charge in [0.05, 0.1) is 23.8 Å². The predicted molar refractivity (Wildman–Crippen MR) is 78.3 cm³/mol. The molecule has 0 fully saturated rings. The lowest BCUT2D eigenvalue weighted by atomic mass is 9.98. The van der Waals surface area contributed by atoms with Crippen LogP contribution in [0.2, 0.25) is 0 Å². The van der Waals surface area contributed by atoms with Gasteiger partial charge < -0.3 is 10.4 Å². The summed E-state index contributed by atoms with van der Waals surface area (Å²) in [5.74, 6) is -2.02. The number of carboxylic acid groups (broad SMARTS) is 1. The van der Waals surface area contributed by atoms with E-state index in [0.717, 1.165) is 22.9 Å². The fraction of sp³-hybridized carbons (Fsp3) is 0.286. The number of hydrogen-bond acceptors (Lipinski definition) is 5. The molecule has 21 heavy (non-hydrogen) atoms. The van der Waals surface area contributed by atoms with Crippen molar-refractivity contribution >= 4 is 23.6 Å². The van der Waals surface area contributed by atoms with Crippen LogP contribution < -0.4 is 5.32 Å². The van der Waals surface area contributed by atoms with E-state index in [4.69, 9.17) is 0 Å². The van der Waals surface area contributed by atoms with E-state index < -0.39 is 17.8 Å². The summed E-state index contributed by atoms with van der Waals surface area (Å²) < 4.78 is 7.54. The van der Waals surface area contributed by atoms with Crippen LogP contribution in [0.1, 0.15) is 21.6 Å². The molecule has 2 rings (SSSR count). The molecular weight excluding hydrogens is 290 g/mol. The van der Waals surface area contributed by atoms with Crippen molar-refractivity contribution in [2.45, 2.75) is 13.3 Å². The first-order chi connectivity index (χ1) is 10.1. The Kier molecular flexibility index (Phi) is 4.99. The number of amides is 1. The Bertz CT molecular complexity index is 611. The van der Waals surface area contributed by atoms with Crippen molar-refractivity contribution in [3.05, 3.63) is 47.3 Å². The molecule has 0 bridgehead atoms. The van der Waals surface area contributed by atoms with Crippen LogP contribution in [-0.4, -0.2) is 32.3 Å². The minimum absolute atomic E-state index is 0.0551. The average molecular weight is 305 g/mol. The maximum atomic E-state index is 11.7. The normalized spacial score (nSPS) is 11.9. The number of aromatic nitrogens is 2. The second-order valence-electron chi connectivity index (χ2n) is 4.73. The number of carboxylic acids is 1. The van der Waals surface area contributed by atoms with Gasteiger partial charge in [-0.25, -0.2) is 0 Å². The van der Waals surface area contributed by atoms with Crippen LogP contribution in [0.15, 0.2) is 30.5 Å². The smallest absolute Gasteiger partial charge is 0.308 e. The number of benzene rings is 1. The monoisotopic (exact) mass is 305 g/mol. The van der Waals surface area contributed by atoms with Crippen molar-refractivity contribution in [1.82, 2.24) is 14.1 Å². The van der Waals surface area contributed by atoms with Crippen LogP contribution in [0.5, 0.6) is 0 Å². The van der Waals surface area contributed by atoms with Gasteiger partial charge in [-0.2, -0.15) is 8.75 Å². The highest BCUT2D eigenvalue weighted by Gasteiger charge is 2.20. The minimum atomic E-state index is -0.938. The maximum Gasteiger partial charge on any atom is 0.308 e. The van der Waals surface area contributed by atoms with E-state index in [9.17, 15) is 14.7 Å². The maximum absolute atomic E-state index is 11.7. The summed E-state index contributed by atoms with van der Waals surface area (Å²) in [4.78, 5) is 23.0. The third-order valence-electron chi connectivity index (χ3n) is 3.05. The second kappa shape index (κ2) is 6.94. The van der Waals surface area contributed by atoms with Gasteiger partial charge in [0.2, 0.25) is 0 Å². The molecule has 0 aliphatic rings. The molecule has 6 nitrogen and oxygen atoms in total. The first-order valence-electron chi connectivity index (χ1n) is 6.40. The molecule has 1 unspecified atom stereocenters. The third kappa shape index (κ3) is 4.35. The summed E-state index contributed by atoms with van der Waals surface area (Å²) in [6, 6.07) is 7.68. The minimum Gasteiger partial charge on any atom is -0.481 e. The number of rotatable bonds is 6. The summed E-state index contributed by atoms with van der Waals surface area (Å²) in [6.45, 7) is 2.03.